The molecule has 11 nitrogen and oxygen atoms in total. The molecule has 0 bridgehead atoms. The van der Waals surface area contributed by atoms with Crippen LogP contribution < -0.4 is 9.47 Å². The highest BCUT2D eigenvalue weighted by Gasteiger charge is 2.28. The van der Waals surface area contributed by atoms with Crippen LogP contribution in [0.4, 0.5) is 0 Å². The summed E-state index contributed by atoms with van der Waals surface area (Å²) in [4.78, 5) is 24.8. The number of aliphatic hydroxyl groups is 1. The molecule has 4 aromatic carbocycles. The number of carboxylic acid groups (broad SMARTS) is 1. The Hall–Kier alpha value is -5.48. The lowest BCUT2D eigenvalue weighted by molar-refractivity contribution is -0.141. The van der Waals surface area contributed by atoms with Crippen molar-refractivity contribution in [1.82, 2.24) is 19.8 Å². The third-order valence-electron chi connectivity index (χ3n) is 11.3. The molecule has 4 heterocycles. The van der Waals surface area contributed by atoms with Crippen LogP contribution in [0.2, 0.25) is 10.0 Å². The van der Waals surface area contributed by atoms with Gasteiger partial charge in [0, 0.05) is 67.9 Å². The number of aromatic nitrogens is 2. The molecule has 2 saturated heterocycles. The van der Waals surface area contributed by atoms with Crippen LogP contribution in [-0.2, 0) is 31.1 Å². The number of hydrogen-bond donors (Lipinski definition) is 2. The predicted octanol–water partition coefficient (Wildman–Crippen LogP) is 8.98. The molecule has 2 aliphatic rings. The van der Waals surface area contributed by atoms with Gasteiger partial charge in [0.1, 0.15) is 36.3 Å². The number of rotatable bonds is 13. The summed E-state index contributed by atoms with van der Waals surface area (Å²) in [6, 6.07) is 23.6. The van der Waals surface area contributed by atoms with Gasteiger partial charge < -0.3 is 24.1 Å². The first kappa shape index (κ1) is 40.3. The van der Waals surface area contributed by atoms with Crippen molar-refractivity contribution in [3.8, 4) is 40.1 Å². The number of ether oxygens (including phenoxy) is 2. The zero-order chi connectivity index (χ0) is 41.2. The average molecular weight is 833 g/mol. The Kier molecular flexibility index (Phi) is 11.9. The van der Waals surface area contributed by atoms with Crippen LogP contribution in [0.5, 0.6) is 11.5 Å². The third kappa shape index (κ3) is 8.93. The molecule has 0 spiro atoms. The SMILES string of the molecule is Cc1c(COc2cc(OCc3cncc(C#N)c3)c(CN3CC[C@@H](O)C3)cc2Cl)cccc1-c1cccc(-c2nc3cc(CN4CC[C@@H](C(=O)O)C4)cc(Cl)c3o2)c1C. The van der Waals surface area contributed by atoms with Crippen LogP contribution in [0.25, 0.3) is 33.7 Å². The lowest BCUT2D eigenvalue weighted by Gasteiger charge is -2.20. The van der Waals surface area contributed by atoms with E-state index in [4.69, 9.17) is 42.1 Å². The lowest BCUT2D eigenvalue weighted by atomic mass is 9.91. The molecule has 2 aromatic heterocycles. The number of hydrogen-bond acceptors (Lipinski definition) is 10. The van der Waals surface area contributed by atoms with Crippen LogP contribution >= 0.6 is 23.2 Å². The Labute approximate surface area is 352 Å². The van der Waals surface area contributed by atoms with E-state index >= 15 is 0 Å². The number of halogens is 2. The number of carbonyl (C=O) groups is 1. The molecule has 2 fully saturated rings. The van der Waals surface area contributed by atoms with E-state index in [9.17, 15) is 20.3 Å². The number of carboxylic acids is 1. The zero-order valence-corrected chi connectivity index (χ0v) is 34.3. The summed E-state index contributed by atoms with van der Waals surface area (Å²) in [5.41, 5.74) is 10.1. The van der Waals surface area contributed by atoms with Crippen LogP contribution in [0.15, 0.2) is 83.5 Å². The average Bonchev–Trinajstić information content (AvgIpc) is 3.98. The molecular weight excluding hydrogens is 789 g/mol. The molecule has 8 rings (SSSR count). The normalized spacial score (nSPS) is 17.1. The third-order valence-corrected chi connectivity index (χ3v) is 11.9. The summed E-state index contributed by atoms with van der Waals surface area (Å²) in [7, 11) is 0. The van der Waals surface area contributed by atoms with Crippen molar-refractivity contribution in [3.63, 3.8) is 0 Å². The van der Waals surface area contributed by atoms with Crippen LogP contribution in [0, 0.1) is 31.1 Å². The molecule has 0 saturated carbocycles. The smallest absolute Gasteiger partial charge is 0.307 e. The van der Waals surface area contributed by atoms with Gasteiger partial charge in [-0.05, 0) is 96.9 Å². The molecule has 13 heteroatoms. The van der Waals surface area contributed by atoms with Crippen molar-refractivity contribution in [2.24, 2.45) is 5.92 Å². The molecule has 0 unspecified atom stereocenters. The van der Waals surface area contributed by atoms with Gasteiger partial charge in [0.2, 0.25) is 5.89 Å². The molecule has 302 valence electrons. The van der Waals surface area contributed by atoms with E-state index < -0.39 is 5.97 Å². The Morgan fingerprint density at radius 2 is 1.59 bits per heavy atom. The minimum Gasteiger partial charge on any atom is -0.488 e. The van der Waals surface area contributed by atoms with Crippen LogP contribution in [0.1, 0.15) is 51.8 Å². The maximum atomic E-state index is 11.5. The second-order valence-corrected chi connectivity index (χ2v) is 16.2. The fourth-order valence-electron chi connectivity index (χ4n) is 8.07. The number of fused-ring (bicyclic) bond motifs is 1. The molecule has 0 radical (unpaired) electrons. The number of pyridine rings is 1. The van der Waals surface area contributed by atoms with Crippen molar-refractivity contribution < 1.29 is 28.9 Å². The van der Waals surface area contributed by atoms with Gasteiger partial charge in [-0.25, -0.2) is 4.98 Å². The van der Waals surface area contributed by atoms with E-state index in [1.165, 1.54) is 6.20 Å². The number of oxazole rings is 1. The van der Waals surface area contributed by atoms with E-state index in [-0.39, 0.29) is 25.2 Å². The highest BCUT2D eigenvalue weighted by atomic mass is 35.5. The van der Waals surface area contributed by atoms with Crippen molar-refractivity contribution in [2.45, 2.75) is 59.1 Å². The minimum absolute atomic E-state index is 0.200. The summed E-state index contributed by atoms with van der Waals surface area (Å²) in [6.45, 7) is 8.29. The van der Waals surface area contributed by atoms with Gasteiger partial charge in [-0.2, -0.15) is 5.26 Å². The largest absolute Gasteiger partial charge is 0.488 e. The number of β-amino-alcohol motifs (C(OH)–C–C–N with tert-alkyl or cyclic N) is 1. The fourth-order valence-corrected chi connectivity index (χ4v) is 8.58. The van der Waals surface area contributed by atoms with Gasteiger partial charge in [-0.1, -0.05) is 53.5 Å². The van der Waals surface area contributed by atoms with Gasteiger partial charge in [0.25, 0.3) is 0 Å². The van der Waals surface area contributed by atoms with Gasteiger partial charge >= 0.3 is 5.97 Å². The number of benzene rings is 4. The molecule has 2 aliphatic heterocycles. The van der Waals surface area contributed by atoms with Gasteiger partial charge in [-0.15, -0.1) is 0 Å². The Morgan fingerprint density at radius 1 is 0.847 bits per heavy atom. The van der Waals surface area contributed by atoms with E-state index in [1.54, 1.807) is 12.3 Å². The summed E-state index contributed by atoms with van der Waals surface area (Å²) >= 11 is 13.6. The molecule has 2 atom stereocenters. The van der Waals surface area contributed by atoms with E-state index in [2.05, 4.69) is 46.8 Å². The lowest BCUT2D eigenvalue weighted by Crippen LogP contribution is -2.22. The van der Waals surface area contributed by atoms with E-state index in [0.29, 0.717) is 83.1 Å². The van der Waals surface area contributed by atoms with Crippen molar-refractivity contribution >= 4 is 40.3 Å². The maximum Gasteiger partial charge on any atom is 0.307 e. The number of nitrogens with zero attached hydrogens (tertiary/aromatic N) is 5. The number of nitriles is 1. The number of aliphatic hydroxyl groups excluding tert-OH is 1. The summed E-state index contributed by atoms with van der Waals surface area (Å²) in [5, 5.41) is 29.8. The second-order valence-electron chi connectivity index (χ2n) is 15.4. The van der Waals surface area contributed by atoms with Crippen molar-refractivity contribution in [3.05, 3.63) is 128 Å². The Balaban J connectivity index is 1.02. The predicted molar refractivity (Wildman–Crippen MR) is 225 cm³/mol. The minimum atomic E-state index is -0.756. The van der Waals surface area contributed by atoms with E-state index in [1.807, 2.05) is 48.5 Å². The highest BCUT2D eigenvalue weighted by molar-refractivity contribution is 6.34. The summed E-state index contributed by atoms with van der Waals surface area (Å²) in [6.07, 6.45) is 4.18. The standard InChI is InChI=1S/C46H43Cl2N5O6/c1-27-33(26-58-43-17-42(57-25-31-13-30(18-49)19-50-20-31)34(16-39(43)47)23-53-12-10-35(54)24-53)5-3-6-36(27)37-7-4-8-38(28(37)2)45-51-41-15-29(14-40(48)44(41)59-45)21-52-11-9-32(22-52)46(55)56/h3-8,13-17,19-20,32,35,54H,9-12,21-26H2,1-2H3,(H,55,56)/t32-,35-/m1/s1. The Morgan fingerprint density at radius 3 is 2.36 bits per heavy atom. The first-order valence-electron chi connectivity index (χ1n) is 19.6. The molecule has 0 amide bonds. The van der Waals surface area contributed by atoms with Crippen LogP contribution in [0.3, 0.4) is 0 Å². The molecule has 0 aliphatic carbocycles. The maximum absolute atomic E-state index is 11.5. The molecule has 6 aromatic rings. The van der Waals surface area contributed by atoms with Crippen molar-refractivity contribution in [1.29, 1.82) is 5.26 Å². The van der Waals surface area contributed by atoms with Gasteiger partial charge in [-0.3, -0.25) is 19.6 Å². The molecule has 2 N–H and O–H groups in total. The first-order chi connectivity index (χ1) is 28.5. The quantitative estimate of drug-likeness (QED) is 0.115. The summed E-state index contributed by atoms with van der Waals surface area (Å²) < 4.78 is 19.0. The summed E-state index contributed by atoms with van der Waals surface area (Å²) in [5.74, 6) is 0.434. The molecule has 59 heavy (non-hydrogen) atoms. The van der Waals surface area contributed by atoms with Crippen molar-refractivity contribution in [2.75, 3.05) is 26.2 Å². The monoisotopic (exact) mass is 831 g/mol. The van der Waals surface area contributed by atoms with E-state index in [0.717, 1.165) is 63.2 Å². The van der Waals surface area contributed by atoms with Gasteiger partial charge in [0.15, 0.2) is 5.58 Å². The number of likely N-dealkylation sites (tertiary alicyclic amines) is 2. The topological polar surface area (TPSA) is 145 Å². The van der Waals surface area contributed by atoms with Gasteiger partial charge in [0.05, 0.1) is 27.6 Å². The zero-order valence-electron chi connectivity index (χ0n) is 32.8. The fraction of sp³-hybridized carbons (Fsp3) is 0.304. The molecular formula is C46H43Cl2N5O6. The highest BCUT2D eigenvalue weighted by Crippen LogP contribution is 2.39. The number of aliphatic carboxylic acids is 1. The first-order valence-corrected chi connectivity index (χ1v) is 20.3. The Bertz CT molecular complexity index is 2590. The second kappa shape index (κ2) is 17.4. The van der Waals surface area contributed by atoms with Crippen LogP contribution in [-0.4, -0.2) is 68.2 Å².